The molecule has 54 valence electrons. The maximum absolute atomic E-state index is 2.55. The second kappa shape index (κ2) is 2.70. The smallest absolute Gasteiger partial charge is 0.0198 e. The van der Waals surface area contributed by atoms with E-state index in [1.807, 2.05) is 0 Å². The number of rotatable bonds is 3. The molecule has 0 saturated carbocycles. The van der Waals surface area contributed by atoms with Gasteiger partial charge in [-0.15, -0.1) is 0 Å². The molecule has 1 saturated heterocycles. The molecule has 1 unspecified atom stereocenters. The number of hydrogen-bond donors (Lipinski definition) is 0. The van der Waals surface area contributed by atoms with Gasteiger partial charge in [-0.3, -0.25) is 4.90 Å². The first-order valence-electron chi connectivity index (χ1n) is 4.01. The molecule has 0 amide bonds. The van der Waals surface area contributed by atoms with Crippen LogP contribution in [-0.2, 0) is 0 Å². The van der Waals surface area contributed by atoms with Gasteiger partial charge >= 0.3 is 0 Å². The molecule has 1 rings (SSSR count). The Labute approximate surface area is 58.0 Å². The Kier molecular flexibility index (Phi) is 2.12. The zero-order chi connectivity index (χ0) is 6.85. The zero-order valence-electron chi connectivity index (χ0n) is 6.72. The predicted molar refractivity (Wildman–Crippen MR) is 40.5 cm³/mol. The topological polar surface area (TPSA) is 3.01 Å². The Hall–Kier alpha value is -0.0400. The van der Waals surface area contributed by atoms with Crippen molar-refractivity contribution in [2.75, 3.05) is 6.54 Å². The average Bonchev–Trinajstić information content (AvgIpc) is 2.47. The Bertz CT molecular complexity index is 90.6. The third kappa shape index (κ3) is 1.68. The molecule has 1 heterocycles. The second-order valence-electron chi connectivity index (χ2n) is 3.18. The van der Waals surface area contributed by atoms with Crippen molar-refractivity contribution in [2.24, 2.45) is 0 Å². The van der Waals surface area contributed by atoms with Crippen LogP contribution in [0.5, 0.6) is 0 Å². The highest BCUT2D eigenvalue weighted by Crippen LogP contribution is 2.22. The number of nitrogens with zero attached hydrogens (tertiary/aromatic N) is 1. The molecule has 1 aliphatic rings. The van der Waals surface area contributed by atoms with E-state index in [2.05, 4.69) is 25.7 Å². The van der Waals surface area contributed by atoms with Gasteiger partial charge in [0.2, 0.25) is 0 Å². The monoisotopic (exact) mass is 127 g/mol. The Morgan fingerprint density at radius 3 is 2.56 bits per heavy atom. The van der Waals surface area contributed by atoms with Crippen LogP contribution in [-0.4, -0.2) is 23.5 Å². The van der Waals surface area contributed by atoms with E-state index >= 15 is 0 Å². The van der Waals surface area contributed by atoms with E-state index in [1.54, 1.807) is 0 Å². The van der Waals surface area contributed by atoms with Gasteiger partial charge in [0.15, 0.2) is 0 Å². The van der Waals surface area contributed by atoms with Crippen LogP contribution in [0.4, 0.5) is 0 Å². The molecule has 0 aromatic rings. The van der Waals surface area contributed by atoms with Gasteiger partial charge in [-0.05, 0) is 20.3 Å². The average molecular weight is 127 g/mol. The van der Waals surface area contributed by atoms with Crippen LogP contribution in [0.15, 0.2) is 0 Å². The van der Waals surface area contributed by atoms with Crippen molar-refractivity contribution in [3.63, 3.8) is 0 Å². The maximum Gasteiger partial charge on any atom is 0.0198 e. The second-order valence-corrected chi connectivity index (χ2v) is 3.18. The molecule has 3 atom stereocenters. The summed E-state index contributed by atoms with van der Waals surface area (Å²) in [6.07, 6.45) is 2.69. The molecule has 9 heavy (non-hydrogen) atoms. The van der Waals surface area contributed by atoms with E-state index < -0.39 is 0 Å². The first-order valence-corrected chi connectivity index (χ1v) is 4.01. The third-order valence-electron chi connectivity index (χ3n) is 2.18. The SMILES string of the molecule is CCC[C@H](C)N1C[C@H]1C. The van der Waals surface area contributed by atoms with Crippen LogP contribution < -0.4 is 0 Å². The van der Waals surface area contributed by atoms with Crippen molar-refractivity contribution in [3.05, 3.63) is 0 Å². The van der Waals surface area contributed by atoms with Crippen LogP contribution in [0.2, 0.25) is 0 Å². The summed E-state index contributed by atoms with van der Waals surface area (Å²) in [5.41, 5.74) is 0. The van der Waals surface area contributed by atoms with Gasteiger partial charge in [0.05, 0.1) is 0 Å². The standard InChI is InChI=1S/C8H17N/c1-4-5-7(2)9-6-8(9)3/h7-8H,4-6H2,1-3H3/t7-,8+,9?/m0/s1. The van der Waals surface area contributed by atoms with Crippen molar-refractivity contribution in [3.8, 4) is 0 Å². The summed E-state index contributed by atoms with van der Waals surface area (Å²) in [4.78, 5) is 2.55. The lowest BCUT2D eigenvalue weighted by Gasteiger charge is -2.10. The van der Waals surface area contributed by atoms with Crippen molar-refractivity contribution in [2.45, 2.75) is 45.7 Å². The molecule has 1 nitrogen and oxygen atoms in total. The summed E-state index contributed by atoms with van der Waals surface area (Å²) in [5, 5.41) is 0. The molecule has 0 bridgehead atoms. The van der Waals surface area contributed by atoms with Gasteiger partial charge in [0.1, 0.15) is 0 Å². The van der Waals surface area contributed by atoms with Crippen molar-refractivity contribution in [1.29, 1.82) is 0 Å². The highest BCUT2D eigenvalue weighted by atomic mass is 15.3. The fourth-order valence-corrected chi connectivity index (χ4v) is 1.46. The van der Waals surface area contributed by atoms with Gasteiger partial charge in [0, 0.05) is 18.6 Å². The van der Waals surface area contributed by atoms with Crippen LogP contribution in [0.25, 0.3) is 0 Å². The lowest BCUT2D eigenvalue weighted by Crippen LogP contribution is -2.14. The molecule has 0 aromatic carbocycles. The zero-order valence-corrected chi connectivity index (χ0v) is 6.72. The summed E-state index contributed by atoms with van der Waals surface area (Å²) in [7, 11) is 0. The molecular formula is C8H17N. The largest absolute Gasteiger partial charge is 0.295 e. The minimum Gasteiger partial charge on any atom is -0.295 e. The summed E-state index contributed by atoms with van der Waals surface area (Å²) in [6.45, 7) is 8.21. The molecule has 1 aliphatic heterocycles. The maximum atomic E-state index is 2.55. The Morgan fingerprint density at radius 2 is 2.22 bits per heavy atom. The number of hydrogen-bond acceptors (Lipinski definition) is 1. The lowest BCUT2D eigenvalue weighted by molar-refractivity contribution is 0.377. The molecule has 1 heteroatoms. The minimum absolute atomic E-state index is 0.838. The Morgan fingerprint density at radius 1 is 1.67 bits per heavy atom. The summed E-state index contributed by atoms with van der Waals surface area (Å²) in [5.74, 6) is 0. The molecule has 0 spiro atoms. The van der Waals surface area contributed by atoms with E-state index in [1.165, 1.54) is 19.4 Å². The van der Waals surface area contributed by atoms with Crippen LogP contribution >= 0.6 is 0 Å². The quantitative estimate of drug-likeness (QED) is 0.523. The highest BCUT2D eigenvalue weighted by Gasteiger charge is 2.32. The summed E-state index contributed by atoms with van der Waals surface area (Å²) >= 11 is 0. The molecular weight excluding hydrogens is 110 g/mol. The fourth-order valence-electron chi connectivity index (χ4n) is 1.46. The van der Waals surface area contributed by atoms with Gasteiger partial charge < -0.3 is 0 Å². The first kappa shape index (κ1) is 7.07. The van der Waals surface area contributed by atoms with Gasteiger partial charge in [-0.25, -0.2) is 0 Å². The fraction of sp³-hybridized carbons (Fsp3) is 1.00. The van der Waals surface area contributed by atoms with E-state index in [0.29, 0.717) is 0 Å². The molecule has 0 aliphatic carbocycles. The van der Waals surface area contributed by atoms with Crippen LogP contribution in [0.1, 0.15) is 33.6 Å². The van der Waals surface area contributed by atoms with E-state index in [-0.39, 0.29) is 0 Å². The Balaban J connectivity index is 2.11. The summed E-state index contributed by atoms with van der Waals surface area (Å²) in [6, 6.07) is 1.72. The van der Waals surface area contributed by atoms with Crippen LogP contribution in [0, 0.1) is 0 Å². The van der Waals surface area contributed by atoms with Crippen molar-refractivity contribution in [1.82, 2.24) is 4.90 Å². The molecule has 0 radical (unpaired) electrons. The normalized spacial score (nSPS) is 36.3. The predicted octanol–water partition coefficient (Wildman–Crippen LogP) is 1.88. The summed E-state index contributed by atoms with van der Waals surface area (Å²) < 4.78 is 0. The lowest BCUT2D eigenvalue weighted by atomic mass is 10.2. The van der Waals surface area contributed by atoms with Crippen LogP contribution in [0.3, 0.4) is 0 Å². The van der Waals surface area contributed by atoms with E-state index in [0.717, 1.165) is 12.1 Å². The van der Waals surface area contributed by atoms with Gasteiger partial charge in [-0.2, -0.15) is 0 Å². The van der Waals surface area contributed by atoms with E-state index in [4.69, 9.17) is 0 Å². The minimum atomic E-state index is 0.838. The first-order chi connectivity index (χ1) is 4.25. The third-order valence-corrected chi connectivity index (χ3v) is 2.18. The molecule has 0 N–H and O–H groups in total. The van der Waals surface area contributed by atoms with Crippen molar-refractivity contribution < 1.29 is 0 Å². The van der Waals surface area contributed by atoms with E-state index in [9.17, 15) is 0 Å². The molecule has 1 fully saturated rings. The van der Waals surface area contributed by atoms with Crippen molar-refractivity contribution >= 4 is 0 Å². The van der Waals surface area contributed by atoms with Gasteiger partial charge in [0.25, 0.3) is 0 Å². The molecule has 0 aromatic heterocycles. The highest BCUT2D eigenvalue weighted by molar-refractivity contribution is 4.88. The van der Waals surface area contributed by atoms with Gasteiger partial charge in [-0.1, -0.05) is 13.3 Å².